The van der Waals surface area contributed by atoms with Gasteiger partial charge in [0, 0.05) is 6.04 Å². The Morgan fingerprint density at radius 2 is 2.09 bits per heavy atom. The van der Waals surface area contributed by atoms with Gasteiger partial charge in [0.1, 0.15) is 0 Å². The summed E-state index contributed by atoms with van der Waals surface area (Å²) in [4.78, 5) is 12.1. The smallest absolute Gasteiger partial charge is 0.258 e. The second kappa shape index (κ2) is 7.61. The Kier molecular flexibility index (Phi) is 5.81. The number of para-hydroxylation sites is 1. The lowest BCUT2D eigenvalue weighted by atomic mass is 9.74. The second-order valence-corrected chi connectivity index (χ2v) is 6.72. The third kappa shape index (κ3) is 4.46. The fourth-order valence-corrected chi connectivity index (χ4v) is 3.32. The van der Waals surface area contributed by atoms with Gasteiger partial charge in [-0.3, -0.25) is 4.79 Å². The first-order chi connectivity index (χ1) is 10.5. The van der Waals surface area contributed by atoms with Crippen molar-refractivity contribution >= 4 is 5.91 Å². The molecule has 0 bridgehead atoms. The maximum Gasteiger partial charge on any atom is 0.258 e. The Morgan fingerprint density at radius 1 is 1.36 bits per heavy atom. The van der Waals surface area contributed by atoms with Crippen LogP contribution in [-0.2, 0) is 4.79 Å². The molecule has 122 valence electrons. The molecule has 0 radical (unpaired) electrons. The van der Waals surface area contributed by atoms with E-state index in [1.54, 1.807) is 12.1 Å². The highest BCUT2D eigenvalue weighted by atomic mass is 19.1. The fraction of sp³-hybridized carbons (Fsp3) is 0.611. The van der Waals surface area contributed by atoms with Crippen molar-refractivity contribution in [1.82, 2.24) is 5.32 Å². The number of carbonyl (C=O) groups excluding carboxylic acids is 1. The minimum absolute atomic E-state index is 0.120. The number of carbonyl (C=O) groups is 1. The summed E-state index contributed by atoms with van der Waals surface area (Å²) in [6.07, 6.45) is 3.38. The number of amides is 1. The van der Waals surface area contributed by atoms with E-state index in [1.807, 2.05) is 0 Å². The molecular formula is C18H26FNO2. The van der Waals surface area contributed by atoms with Crippen molar-refractivity contribution in [2.75, 3.05) is 6.61 Å². The third-order valence-corrected chi connectivity index (χ3v) is 4.56. The maximum atomic E-state index is 13.5. The number of ether oxygens (including phenoxy) is 1. The van der Waals surface area contributed by atoms with Crippen molar-refractivity contribution in [3.05, 3.63) is 30.1 Å². The van der Waals surface area contributed by atoms with E-state index >= 15 is 0 Å². The van der Waals surface area contributed by atoms with E-state index in [2.05, 4.69) is 26.1 Å². The van der Waals surface area contributed by atoms with Gasteiger partial charge >= 0.3 is 0 Å². The molecule has 0 spiro atoms. The van der Waals surface area contributed by atoms with Crippen molar-refractivity contribution in [1.29, 1.82) is 0 Å². The lowest BCUT2D eigenvalue weighted by Gasteiger charge is -2.37. The van der Waals surface area contributed by atoms with Crippen LogP contribution in [0.4, 0.5) is 4.39 Å². The van der Waals surface area contributed by atoms with Crippen LogP contribution in [0, 0.1) is 23.6 Å². The van der Waals surface area contributed by atoms with Gasteiger partial charge < -0.3 is 10.1 Å². The molecule has 0 unspecified atom stereocenters. The van der Waals surface area contributed by atoms with Crippen LogP contribution < -0.4 is 10.1 Å². The Morgan fingerprint density at radius 3 is 2.77 bits per heavy atom. The van der Waals surface area contributed by atoms with Gasteiger partial charge in [0.05, 0.1) is 0 Å². The minimum Gasteiger partial charge on any atom is -0.481 e. The van der Waals surface area contributed by atoms with Crippen LogP contribution in [0.15, 0.2) is 24.3 Å². The molecule has 1 aliphatic carbocycles. The summed E-state index contributed by atoms with van der Waals surface area (Å²) in [5.74, 6) is 1.19. The molecule has 0 aliphatic heterocycles. The minimum atomic E-state index is -0.443. The van der Waals surface area contributed by atoms with E-state index in [0.717, 1.165) is 12.8 Å². The Balaban J connectivity index is 1.88. The number of halogens is 1. The molecule has 4 heteroatoms. The first-order valence-corrected chi connectivity index (χ1v) is 8.14. The van der Waals surface area contributed by atoms with E-state index in [0.29, 0.717) is 17.8 Å². The molecule has 0 saturated heterocycles. The number of rotatable bonds is 5. The highest BCUT2D eigenvalue weighted by Gasteiger charge is 2.31. The summed E-state index contributed by atoms with van der Waals surface area (Å²) in [6.45, 7) is 6.49. The van der Waals surface area contributed by atoms with Gasteiger partial charge in [0.25, 0.3) is 5.91 Å². The van der Waals surface area contributed by atoms with Gasteiger partial charge in [0.2, 0.25) is 0 Å². The van der Waals surface area contributed by atoms with E-state index in [-0.39, 0.29) is 24.3 Å². The second-order valence-electron chi connectivity index (χ2n) is 6.72. The predicted molar refractivity (Wildman–Crippen MR) is 85.2 cm³/mol. The standard InChI is InChI=1S/C18H26FNO2/c1-12(2)14-9-8-13(3)10-16(14)20-18(21)11-22-17-7-5-4-6-15(17)19/h4-7,12-14,16H,8-11H2,1-3H3,(H,20,21)/t13-,14-,16-/m1/s1. The number of benzene rings is 1. The molecule has 1 amide bonds. The number of hydrogen-bond acceptors (Lipinski definition) is 2. The molecule has 1 fully saturated rings. The third-order valence-electron chi connectivity index (χ3n) is 4.56. The molecule has 1 aromatic rings. The molecule has 3 atom stereocenters. The van der Waals surface area contributed by atoms with Crippen molar-refractivity contribution < 1.29 is 13.9 Å². The molecule has 0 heterocycles. The van der Waals surface area contributed by atoms with Gasteiger partial charge in [0.15, 0.2) is 18.2 Å². The lowest BCUT2D eigenvalue weighted by Crippen LogP contribution is -2.47. The number of hydrogen-bond donors (Lipinski definition) is 1. The van der Waals surface area contributed by atoms with Gasteiger partial charge in [-0.05, 0) is 42.7 Å². The molecule has 1 N–H and O–H groups in total. The summed E-state index contributed by atoms with van der Waals surface area (Å²) in [6, 6.07) is 6.33. The quantitative estimate of drug-likeness (QED) is 0.899. The zero-order valence-corrected chi connectivity index (χ0v) is 13.6. The molecule has 1 saturated carbocycles. The summed E-state index contributed by atoms with van der Waals surface area (Å²) >= 11 is 0. The van der Waals surface area contributed by atoms with Crippen molar-refractivity contribution in [3.8, 4) is 5.75 Å². The first kappa shape index (κ1) is 16.8. The average Bonchev–Trinajstić information content (AvgIpc) is 2.46. The topological polar surface area (TPSA) is 38.3 Å². The maximum absolute atomic E-state index is 13.5. The summed E-state index contributed by atoms with van der Waals surface area (Å²) in [5, 5.41) is 3.08. The van der Waals surface area contributed by atoms with E-state index in [9.17, 15) is 9.18 Å². The van der Waals surface area contributed by atoms with Crippen molar-refractivity contribution in [2.45, 2.75) is 46.1 Å². The zero-order valence-electron chi connectivity index (χ0n) is 13.6. The Bertz CT molecular complexity index is 504. The Hall–Kier alpha value is -1.58. The lowest BCUT2D eigenvalue weighted by molar-refractivity contribution is -0.124. The van der Waals surface area contributed by atoms with Crippen LogP contribution in [-0.4, -0.2) is 18.6 Å². The van der Waals surface area contributed by atoms with Crippen molar-refractivity contribution in [3.63, 3.8) is 0 Å². The van der Waals surface area contributed by atoms with Crippen LogP contribution in [0.5, 0.6) is 5.75 Å². The molecule has 22 heavy (non-hydrogen) atoms. The van der Waals surface area contributed by atoms with Gasteiger partial charge in [-0.1, -0.05) is 39.3 Å². The van der Waals surface area contributed by atoms with Crippen LogP contribution in [0.2, 0.25) is 0 Å². The highest BCUT2D eigenvalue weighted by molar-refractivity contribution is 5.77. The van der Waals surface area contributed by atoms with Gasteiger partial charge in [-0.2, -0.15) is 0 Å². The van der Waals surface area contributed by atoms with Crippen LogP contribution in [0.3, 0.4) is 0 Å². The summed E-state index contributed by atoms with van der Waals surface area (Å²) in [5.41, 5.74) is 0. The Labute approximate surface area is 132 Å². The average molecular weight is 307 g/mol. The molecule has 1 aliphatic rings. The highest BCUT2D eigenvalue weighted by Crippen LogP contribution is 2.33. The monoisotopic (exact) mass is 307 g/mol. The summed E-state index contributed by atoms with van der Waals surface area (Å²) in [7, 11) is 0. The van der Waals surface area contributed by atoms with E-state index < -0.39 is 5.82 Å². The van der Waals surface area contributed by atoms with E-state index in [4.69, 9.17) is 4.74 Å². The van der Waals surface area contributed by atoms with Crippen LogP contribution >= 0.6 is 0 Å². The molecule has 3 nitrogen and oxygen atoms in total. The fourth-order valence-electron chi connectivity index (χ4n) is 3.32. The molecule has 1 aromatic carbocycles. The predicted octanol–water partition coefficient (Wildman–Crippen LogP) is 3.78. The molecule has 2 rings (SSSR count). The van der Waals surface area contributed by atoms with Crippen LogP contribution in [0.25, 0.3) is 0 Å². The molecule has 0 aromatic heterocycles. The summed E-state index contributed by atoms with van der Waals surface area (Å²) < 4.78 is 18.7. The van der Waals surface area contributed by atoms with Gasteiger partial charge in [-0.15, -0.1) is 0 Å². The van der Waals surface area contributed by atoms with E-state index in [1.165, 1.54) is 18.6 Å². The zero-order chi connectivity index (χ0) is 16.1. The van der Waals surface area contributed by atoms with Crippen molar-refractivity contribution in [2.24, 2.45) is 17.8 Å². The van der Waals surface area contributed by atoms with Crippen LogP contribution in [0.1, 0.15) is 40.0 Å². The molecular weight excluding hydrogens is 281 g/mol. The largest absolute Gasteiger partial charge is 0.481 e. The normalized spacial score (nSPS) is 25.0. The first-order valence-electron chi connectivity index (χ1n) is 8.14. The SMILES string of the molecule is CC(C)[C@H]1CC[C@@H](C)C[C@H]1NC(=O)COc1ccccc1F. The van der Waals surface area contributed by atoms with Gasteiger partial charge in [-0.25, -0.2) is 4.39 Å². The number of nitrogens with one attached hydrogen (secondary N) is 1.